The van der Waals surface area contributed by atoms with Gasteiger partial charge < -0.3 is 20.1 Å². The first-order valence-electron chi connectivity index (χ1n) is 9.32. The van der Waals surface area contributed by atoms with Crippen molar-refractivity contribution in [1.29, 1.82) is 0 Å². The van der Waals surface area contributed by atoms with Crippen molar-refractivity contribution in [2.24, 2.45) is 0 Å². The largest absolute Gasteiger partial charge is 0.497 e. The molecule has 1 aromatic heterocycles. The molecule has 3 rings (SSSR count). The molecule has 0 aliphatic rings. The van der Waals surface area contributed by atoms with E-state index in [1.165, 1.54) is 0 Å². The van der Waals surface area contributed by atoms with Gasteiger partial charge in [-0.1, -0.05) is 29.8 Å². The summed E-state index contributed by atoms with van der Waals surface area (Å²) in [6.45, 7) is 3.49. The molecule has 7 nitrogen and oxygen atoms in total. The van der Waals surface area contributed by atoms with Gasteiger partial charge in [0.2, 0.25) is 0 Å². The summed E-state index contributed by atoms with van der Waals surface area (Å²) in [5.41, 5.74) is 2.47. The second-order valence-corrected chi connectivity index (χ2v) is 6.43. The van der Waals surface area contributed by atoms with Gasteiger partial charge in [0.15, 0.2) is 5.69 Å². The van der Waals surface area contributed by atoms with E-state index in [9.17, 15) is 4.79 Å². The van der Waals surface area contributed by atoms with Crippen LogP contribution < -0.4 is 20.1 Å². The first-order chi connectivity index (χ1) is 14.1. The fourth-order valence-electron chi connectivity index (χ4n) is 2.66. The third-order valence-electron chi connectivity index (χ3n) is 4.17. The van der Waals surface area contributed by atoms with E-state index >= 15 is 0 Å². The van der Waals surface area contributed by atoms with Crippen LogP contribution in [0.4, 0.5) is 5.82 Å². The van der Waals surface area contributed by atoms with Crippen molar-refractivity contribution in [3.05, 3.63) is 77.5 Å². The molecule has 0 unspecified atom stereocenters. The zero-order chi connectivity index (χ0) is 20.5. The SMILES string of the molecule is COc1ccc(OCCNc2ccc(C(=O)NCc3cccc(C)c3)nn2)cc1. The number of anilines is 1. The highest BCUT2D eigenvalue weighted by Crippen LogP contribution is 2.16. The van der Waals surface area contributed by atoms with Gasteiger partial charge in [-0.2, -0.15) is 0 Å². The van der Waals surface area contributed by atoms with Gasteiger partial charge in [-0.15, -0.1) is 10.2 Å². The van der Waals surface area contributed by atoms with Crippen molar-refractivity contribution >= 4 is 11.7 Å². The van der Waals surface area contributed by atoms with E-state index in [1.54, 1.807) is 19.2 Å². The number of nitrogens with one attached hydrogen (secondary N) is 2. The van der Waals surface area contributed by atoms with Crippen LogP contribution in [0.15, 0.2) is 60.7 Å². The molecule has 0 saturated carbocycles. The number of ether oxygens (including phenoxy) is 2. The summed E-state index contributed by atoms with van der Waals surface area (Å²) in [6, 6.07) is 18.7. The molecule has 0 saturated heterocycles. The number of hydrogen-bond acceptors (Lipinski definition) is 6. The smallest absolute Gasteiger partial charge is 0.272 e. The number of amides is 1. The number of carbonyl (C=O) groups is 1. The van der Waals surface area contributed by atoms with Crippen LogP contribution in [-0.2, 0) is 6.54 Å². The number of hydrogen-bond donors (Lipinski definition) is 2. The Labute approximate surface area is 170 Å². The summed E-state index contributed by atoms with van der Waals surface area (Å²) in [5, 5.41) is 14.0. The zero-order valence-corrected chi connectivity index (χ0v) is 16.5. The fraction of sp³-hybridized carbons (Fsp3) is 0.227. The molecule has 0 radical (unpaired) electrons. The Kier molecular flexibility index (Phi) is 7.00. The van der Waals surface area contributed by atoms with Gasteiger partial charge in [0.1, 0.15) is 23.9 Å². The van der Waals surface area contributed by atoms with Gasteiger partial charge in [-0.3, -0.25) is 4.79 Å². The highest BCUT2D eigenvalue weighted by atomic mass is 16.5. The van der Waals surface area contributed by atoms with Crippen molar-refractivity contribution in [1.82, 2.24) is 15.5 Å². The van der Waals surface area contributed by atoms with Crippen LogP contribution >= 0.6 is 0 Å². The topological polar surface area (TPSA) is 85.4 Å². The molecule has 0 atom stereocenters. The van der Waals surface area contributed by atoms with E-state index < -0.39 is 0 Å². The zero-order valence-electron chi connectivity index (χ0n) is 16.5. The number of benzene rings is 2. The van der Waals surface area contributed by atoms with Gasteiger partial charge in [0.25, 0.3) is 5.91 Å². The van der Waals surface area contributed by atoms with Crippen LogP contribution in [0.5, 0.6) is 11.5 Å². The molecule has 1 amide bonds. The van der Waals surface area contributed by atoms with Crippen LogP contribution in [-0.4, -0.2) is 36.4 Å². The van der Waals surface area contributed by atoms with Crippen molar-refractivity contribution < 1.29 is 14.3 Å². The summed E-state index contributed by atoms with van der Waals surface area (Å²) in [7, 11) is 1.62. The second-order valence-electron chi connectivity index (χ2n) is 6.43. The lowest BCUT2D eigenvalue weighted by molar-refractivity contribution is 0.0945. The molecule has 0 bridgehead atoms. The molecule has 7 heteroatoms. The average Bonchev–Trinajstić information content (AvgIpc) is 2.76. The summed E-state index contributed by atoms with van der Waals surface area (Å²) in [4.78, 5) is 12.2. The molecular weight excluding hydrogens is 368 g/mol. The fourth-order valence-corrected chi connectivity index (χ4v) is 2.66. The van der Waals surface area contributed by atoms with Crippen molar-refractivity contribution in [2.75, 3.05) is 25.6 Å². The Morgan fingerprint density at radius 2 is 1.79 bits per heavy atom. The molecule has 0 spiro atoms. The van der Waals surface area contributed by atoms with Gasteiger partial charge in [0, 0.05) is 6.54 Å². The standard InChI is InChI=1S/C22H24N4O3/c1-16-4-3-5-17(14-16)15-24-22(27)20-10-11-21(26-25-20)23-12-13-29-19-8-6-18(28-2)7-9-19/h3-11,14H,12-13,15H2,1-2H3,(H,23,26)(H,24,27). The number of rotatable bonds is 9. The van der Waals surface area contributed by atoms with Crippen LogP contribution in [0.1, 0.15) is 21.6 Å². The summed E-state index contributed by atoms with van der Waals surface area (Å²) in [6.07, 6.45) is 0. The predicted octanol–water partition coefficient (Wildman–Crippen LogP) is 3.21. The highest BCUT2D eigenvalue weighted by molar-refractivity contribution is 5.92. The number of aromatic nitrogens is 2. The molecule has 0 fully saturated rings. The van der Waals surface area contributed by atoms with Gasteiger partial charge >= 0.3 is 0 Å². The lowest BCUT2D eigenvalue weighted by Gasteiger charge is -2.09. The Bertz CT molecular complexity index is 928. The lowest BCUT2D eigenvalue weighted by Crippen LogP contribution is -2.24. The van der Waals surface area contributed by atoms with E-state index in [0.29, 0.717) is 25.5 Å². The predicted molar refractivity (Wildman–Crippen MR) is 111 cm³/mol. The minimum atomic E-state index is -0.256. The molecule has 0 aliphatic heterocycles. The molecule has 150 valence electrons. The maximum Gasteiger partial charge on any atom is 0.272 e. The maximum atomic E-state index is 12.2. The van der Waals surface area contributed by atoms with Gasteiger partial charge in [-0.25, -0.2) is 0 Å². The molecule has 3 aromatic rings. The van der Waals surface area contributed by atoms with Crippen molar-refractivity contribution in [3.63, 3.8) is 0 Å². The van der Waals surface area contributed by atoms with E-state index in [1.807, 2.05) is 55.5 Å². The third kappa shape index (κ3) is 6.21. The molecule has 2 N–H and O–H groups in total. The Morgan fingerprint density at radius 3 is 2.48 bits per heavy atom. The van der Waals surface area contributed by atoms with Gasteiger partial charge in [0.05, 0.1) is 13.7 Å². The molecular formula is C22H24N4O3. The number of methoxy groups -OCH3 is 1. The number of nitrogens with zero attached hydrogens (tertiary/aromatic N) is 2. The van der Waals surface area contributed by atoms with Gasteiger partial charge in [-0.05, 0) is 48.9 Å². The van der Waals surface area contributed by atoms with Crippen LogP contribution in [0, 0.1) is 6.92 Å². The molecule has 0 aliphatic carbocycles. The number of carbonyl (C=O) groups excluding carboxylic acids is 1. The first-order valence-corrected chi connectivity index (χ1v) is 9.32. The van der Waals surface area contributed by atoms with Crippen LogP contribution in [0.25, 0.3) is 0 Å². The van der Waals surface area contributed by atoms with Crippen LogP contribution in [0.3, 0.4) is 0 Å². The average molecular weight is 392 g/mol. The minimum Gasteiger partial charge on any atom is -0.497 e. The summed E-state index contributed by atoms with van der Waals surface area (Å²) >= 11 is 0. The molecule has 2 aromatic carbocycles. The quantitative estimate of drug-likeness (QED) is 0.544. The lowest BCUT2D eigenvalue weighted by atomic mass is 10.1. The van der Waals surface area contributed by atoms with Crippen molar-refractivity contribution in [2.45, 2.75) is 13.5 Å². The van der Waals surface area contributed by atoms with E-state index in [4.69, 9.17) is 9.47 Å². The molecule has 29 heavy (non-hydrogen) atoms. The Morgan fingerprint density at radius 1 is 1.00 bits per heavy atom. The minimum absolute atomic E-state index is 0.256. The highest BCUT2D eigenvalue weighted by Gasteiger charge is 2.08. The van der Waals surface area contributed by atoms with E-state index in [-0.39, 0.29) is 11.6 Å². The van der Waals surface area contributed by atoms with E-state index in [0.717, 1.165) is 22.6 Å². The first kappa shape index (κ1) is 20.1. The van der Waals surface area contributed by atoms with E-state index in [2.05, 4.69) is 20.8 Å². The summed E-state index contributed by atoms with van der Waals surface area (Å²) < 4.78 is 10.8. The van der Waals surface area contributed by atoms with Crippen molar-refractivity contribution in [3.8, 4) is 11.5 Å². The second kappa shape index (κ2) is 10.1. The Hall–Kier alpha value is -3.61. The maximum absolute atomic E-state index is 12.2. The Balaban J connectivity index is 1.41. The van der Waals surface area contributed by atoms with Crippen LogP contribution in [0.2, 0.25) is 0 Å². The summed E-state index contributed by atoms with van der Waals surface area (Å²) in [5.74, 6) is 1.88. The molecule has 1 heterocycles. The normalized spacial score (nSPS) is 10.3. The number of aryl methyl sites for hydroxylation is 1. The monoisotopic (exact) mass is 392 g/mol. The third-order valence-corrected chi connectivity index (χ3v) is 4.17.